The summed E-state index contributed by atoms with van der Waals surface area (Å²) in [6.07, 6.45) is -22.3. The zero-order chi connectivity index (χ0) is 34.0. The van der Waals surface area contributed by atoms with E-state index in [1.807, 2.05) is 0 Å². The molecular formula is C25H35F11O7. The average molecular weight is 657 g/mol. The summed E-state index contributed by atoms with van der Waals surface area (Å²) in [5, 5.41) is 18.5. The zero-order valence-electron chi connectivity index (χ0n) is 23.9. The van der Waals surface area contributed by atoms with Crippen LogP contribution in [0.15, 0.2) is 0 Å². The number of alkyl halides is 11. The third kappa shape index (κ3) is 7.48. The van der Waals surface area contributed by atoms with Gasteiger partial charge in [0.15, 0.2) is 0 Å². The molecule has 43 heavy (non-hydrogen) atoms. The van der Waals surface area contributed by atoms with Crippen LogP contribution in [0.4, 0.5) is 48.3 Å². The van der Waals surface area contributed by atoms with E-state index in [1.54, 1.807) is 13.8 Å². The molecule has 1 aliphatic carbocycles. The van der Waals surface area contributed by atoms with Gasteiger partial charge in [-0.25, -0.2) is 0 Å². The number of halogens is 11. The van der Waals surface area contributed by atoms with E-state index in [-0.39, 0.29) is 19.3 Å². The van der Waals surface area contributed by atoms with Gasteiger partial charge in [0.1, 0.15) is 12.2 Å². The molecule has 2 aliphatic rings. The minimum atomic E-state index is -5.91. The first kappa shape index (κ1) is 39.1. The maximum atomic E-state index is 14.6. The molecule has 0 aromatic carbocycles. The number of carbonyl (C=O) groups excluding carboxylic acids is 2. The van der Waals surface area contributed by atoms with E-state index in [9.17, 15) is 63.0 Å². The Morgan fingerprint density at radius 3 is 1.77 bits per heavy atom. The molecular weight excluding hydrogens is 621 g/mol. The van der Waals surface area contributed by atoms with Gasteiger partial charge in [0.05, 0.1) is 11.8 Å². The first-order chi connectivity index (χ1) is 19.2. The minimum absolute atomic E-state index is 0.150. The van der Waals surface area contributed by atoms with Crippen LogP contribution >= 0.6 is 0 Å². The highest BCUT2D eigenvalue weighted by Gasteiger charge is 2.86. The monoisotopic (exact) mass is 656 g/mol. The number of esters is 2. The number of hydrogen-bond acceptors (Lipinski definition) is 7. The van der Waals surface area contributed by atoms with Crippen LogP contribution in [0.1, 0.15) is 79.6 Å². The van der Waals surface area contributed by atoms with Crippen LogP contribution in [0.5, 0.6) is 0 Å². The molecule has 6 atom stereocenters. The Kier molecular flexibility index (Phi) is 12.0. The fourth-order valence-electron chi connectivity index (χ4n) is 4.39. The molecule has 0 spiro atoms. The molecule has 0 radical (unpaired) electrons. The highest BCUT2D eigenvalue weighted by atomic mass is 19.4. The maximum absolute atomic E-state index is 14.6. The Morgan fingerprint density at radius 2 is 1.35 bits per heavy atom. The van der Waals surface area contributed by atoms with E-state index in [4.69, 9.17) is 9.84 Å². The van der Waals surface area contributed by atoms with Crippen molar-refractivity contribution in [3.05, 3.63) is 0 Å². The highest BCUT2D eigenvalue weighted by Crippen LogP contribution is 2.61. The summed E-state index contributed by atoms with van der Waals surface area (Å²) in [5.41, 5.74) is -7.70. The van der Waals surface area contributed by atoms with Crippen LogP contribution in [0.25, 0.3) is 0 Å². The summed E-state index contributed by atoms with van der Waals surface area (Å²) < 4.78 is 157. The molecule has 0 aromatic heterocycles. The summed E-state index contributed by atoms with van der Waals surface area (Å²) in [4.78, 5) is 23.3. The van der Waals surface area contributed by atoms with E-state index >= 15 is 0 Å². The maximum Gasteiger partial charge on any atom is 0.449 e. The third-order valence-electron chi connectivity index (χ3n) is 7.59. The lowest BCUT2D eigenvalue weighted by atomic mass is 9.77. The van der Waals surface area contributed by atoms with E-state index in [0.29, 0.717) is 12.8 Å². The predicted octanol–water partition coefficient (Wildman–Crippen LogP) is 6.38. The Bertz CT molecular complexity index is 953. The van der Waals surface area contributed by atoms with Gasteiger partial charge in [-0.15, -0.1) is 0 Å². The van der Waals surface area contributed by atoms with Crippen molar-refractivity contribution in [1.29, 1.82) is 0 Å². The van der Waals surface area contributed by atoms with Crippen LogP contribution in [-0.2, 0) is 23.8 Å². The number of aliphatic hydroxyl groups is 2. The highest BCUT2D eigenvalue weighted by molar-refractivity contribution is 5.73. The molecule has 1 saturated carbocycles. The number of ether oxygens (including phenoxy) is 3. The SMILES string of the molecule is CCC(C)C(=O)OC(C)CC(O)(C(F)(F)F)C(F)(F)F.CCC(C)C(=O)OC12CCCCC1OC(O)(C(F)(F)F)C2(F)F. The Balaban J connectivity index is 0.000000436. The molecule has 0 aromatic rings. The predicted molar refractivity (Wildman–Crippen MR) is 124 cm³/mol. The van der Waals surface area contributed by atoms with Crippen molar-refractivity contribution in [1.82, 2.24) is 0 Å². The van der Waals surface area contributed by atoms with E-state index in [0.717, 1.165) is 6.92 Å². The molecule has 6 unspecified atom stereocenters. The third-order valence-corrected chi connectivity index (χ3v) is 7.59. The molecule has 1 saturated heterocycles. The molecule has 7 nitrogen and oxygen atoms in total. The normalized spacial score (nSPS) is 28.1. The molecule has 2 fully saturated rings. The van der Waals surface area contributed by atoms with Crippen molar-refractivity contribution in [2.45, 2.75) is 133 Å². The summed E-state index contributed by atoms with van der Waals surface area (Å²) in [5.74, 6) is -12.8. The van der Waals surface area contributed by atoms with Gasteiger partial charge in [-0.2, -0.15) is 48.3 Å². The lowest BCUT2D eigenvalue weighted by Gasteiger charge is -2.41. The van der Waals surface area contributed by atoms with Crippen LogP contribution in [-0.4, -0.2) is 75.8 Å². The average Bonchev–Trinajstić information content (AvgIpc) is 3.04. The Morgan fingerprint density at radius 1 is 0.884 bits per heavy atom. The topological polar surface area (TPSA) is 102 Å². The number of hydrogen-bond donors (Lipinski definition) is 2. The number of fused-ring (bicyclic) bond motifs is 1. The van der Waals surface area contributed by atoms with Crippen molar-refractivity contribution in [2.24, 2.45) is 11.8 Å². The second-order valence-electron chi connectivity index (χ2n) is 10.8. The molecule has 0 amide bonds. The quantitative estimate of drug-likeness (QED) is 0.231. The van der Waals surface area contributed by atoms with Gasteiger partial charge in [-0.1, -0.05) is 34.1 Å². The molecule has 2 rings (SSSR count). The lowest BCUT2D eigenvalue weighted by molar-refractivity contribution is -0.412. The van der Waals surface area contributed by atoms with Gasteiger partial charge >= 0.3 is 42.2 Å². The number of rotatable bonds is 8. The number of carbonyl (C=O) groups is 2. The van der Waals surface area contributed by atoms with Gasteiger partial charge in [-0.05, 0) is 39.0 Å². The van der Waals surface area contributed by atoms with Crippen molar-refractivity contribution in [3.63, 3.8) is 0 Å². The Hall–Kier alpha value is -1.95. The minimum Gasteiger partial charge on any atom is -0.462 e. The summed E-state index contributed by atoms with van der Waals surface area (Å²) in [7, 11) is 0. The second kappa shape index (κ2) is 13.2. The van der Waals surface area contributed by atoms with Crippen LogP contribution < -0.4 is 0 Å². The molecule has 0 bridgehead atoms. The first-order valence-electron chi connectivity index (χ1n) is 13.3. The second-order valence-corrected chi connectivity index (χ2v) is 10.8. The molecule has 2 N–H and O–H groups in total. The van der Waals surface area contributed by atoms with Crippen molar-refractivity contribution >= 4 is 11.9 Å². The van der Waals surface area contributed by atoms with E-state index < -0.39 is 90.3 Å². The summed E-state index contributed by atoms with van der Waals surface area (Å²) in [6, 6.07) is 0. The first-order valence-corrected chi connectivity index (χ1v) is 13.3. The lowest BCUT2D eigenvalue weighted by Crippen LogP contribution is -2.65. The standard InChI is InChI=1S/C14H19F5O4.C11H16F6O3/c1-3-8(2)10(20)23-11-7-5-4-6-9(11)22-13(21,12(11,15)16)14(17,18)19;1-4-6(2)8(18)20-7(3)5-9(19,10(12,13)14)11(15,16)17/h8-9,21H,3-7H2,1-2H3;6-7,19H,4-5H2,1-3H3. The summed E-state index contributed by atoms with van der Waals surface area (Å²) >= 11 is 0. The van der Waals surface area contributed by atoms with Crippen molar-refractivity contribution in [2.75, 3.05) is 0 Å². The molecule has 18 heteroatoms. The van der Waals surface area contributed by atoms with Gasteiger partial charge in [-0.3, -0.25) is 9.59 Å². The van der Waals surface area contributed by atoms with Gasteiger partial charge in [0.25, 0.3) is 5.60 Å². The largest absolute Gasteiger partial charge is 0.462 e. The zero-order valence-corrected chi connectivity index (χ0v) is 23.9. The molecule has 1 aliphatic heterocycles. The summed E-state index contributed by atoms with van der Waals surface area (Å²) in [6.45, 7) is 6.95. The van der Waals surface area contributed by atoms with Crippen LogP contribution in [0, 0.1) is 11.8 Å². The van der Waals surface area contributed by atoms with Gasteiger partial charge in [0, 0.05) is 6.42 Å². The smallest absolute Gasteiger partial charge is 0.449 e. The van der Waals surface area contributed by atoms with Gasteiger partial charge < -0.3 is 24.4 Å². The van der Waals surface area contributed by atoms with Crippen molar-refractivity contribution < 1.29 is 82.3 Å². The van der Waals surface area contributed by atoms with Gasteiger partial charge in [0.2, 0.25) is 5.60 Å². The van der Waals surface area contributed by atoms with Crippen molar-refractivity contribution in [3.8, 4) is 0 Å². The van der Waals surface area contributed by atoms with Crippen LogP contribution in [0.2, 0.25) is 0 Å². The Labute approximate surface area is 240 Å². The molecule has 254 valence electrons. The van der Waals surface area contributed by atoms with E-state index in [2.05, 4.69) is 9.47 Å². The fraction of sp³-hybridized carbons (Fsp3) is 0.920. The fourth-order valence-corrected chi connectivity index (χ4v) is 4.39. The van der Waals surface area contributed by atoms with Crippen LogP contribution in [0.3, 0.4) is 0 Å². The van der Waals surface area contributed by atoms with E-state index in [1.165, 1.54) is 13.8 Å². The molecule has 1 heterocycles.